The number of oxime groups is 1. The number of carbonyl (C=O) groups is 1. The molecule has 0 spiro atoms. The maximum Gasteiger partial charge on any atom is 0.303 e. The molecule has 0 radical (unpaired) electrons. The lowest BCUT2D eigenvalue weighted by Gasteiger charge is -2.59. The van der Waals surface area contributed by atoms with E-state index in [1.54, 1.807) is 5.57 Å². The molecule has 8 unspecified atom stereocenters. The largest absolute Gasteiger partial charge is 0.481 e. The second-order valence-electron chi connectivity index (χ2n) is 11.0. The van der Waals surface area contributed by atoms with Crippen molar-refractivity contribution in [2.45, 2.75) is 91.4 Å². The van der Waals surface area contributed by atoms with Gasteiger partial charge in [0.2, 0.25) is 0 Å². The highest BCUT2D eigenvalue weighted by Crippen LogP contribution is 2.67. The van der Waals surface area contributed by atoms with Gasteiger partial charge in [-0.25, -0.2) is 0 Å². The van der Waals surface area contributed by atoms with E-state index in [2.05, 4.69) is 32.0 Å². The maximum absolute atomic E-state index is 11.2. The summed E-state index contributed by atoms with van der Waals surface area (Å²) in [5.74, 6) is 4.77. The van der Waals surface area contributed by atoms with Gasteiger partial charge in [0.05, 0.1) is 5.71 Å². The molecule has 3 saturated carbocycles. The van der Waals surface area contributed by atoms with Crippen molar-refractivity contribution in [3.05, 3.63) is 11.6 Å². The second kappa shape index (κ2) is 8.67. The summed E-state index contributed by atoms with van der Waals surface area (Å²) in [4.78, 5) is 11.2. The smallest absolute Gasteiger partial charge is 0.303 e. The summed E-state index contributed by atoms with van der Waals surface area (Å²) >= 11 is 0. The third-order valence-corrected chi connectivity index (χ3v) is 9.75. The van der Waals surface area contributed by atoms with Crippen molar-refractivity contribution >= 4 is 11.7 Å². The Morgan fingerprint density at radius 3 is 2.63 bits per heavy atom. The number of allylic oxidation sites excluding steroid dienone is 2. The molecule has 4 rings (SSSR count). The van der Waals surface area contributed by atoms with Gasteiger partial charge in [0.15, 0.2) is 0 Å². The number of hydrogen-bond acceptors (Lipinski definition) is 3. The zero-order chi connectivity index (χ0) is 21.5. The summed E-state index contributed by atoms with van der Waals surface area (Å²) in [6.07, 6.45) is 14.1. The van der Waals surface area contributed by atoms with Crippen LogP contribution in [0.25, 0.3) is 0 Å². The fraction of sp³-hybridized carbons (Fsp3) is 0.846. The van der Waals surface area contributed by atoms with Crippen LogP contribution in [-0.2, 0) is 4.79 Å². The lowest BCUT2D eigenvalue weighted by atomic mass is 9.46. The van der Waals surface area contributed by atoms with E-state index < -0.39 is 5.97 Å². The van der Waals surface area contributed by atoms with Crippen LogP contribution in [0.1, 0.15) is 91.4 Å². The minimum atomic E-state index is -0.645. The fourth-order valence-electron chi connectivity index (χ4n) is 8.18. The first-order valence-electron chi connectivity index (χ1n) is 12.6. The van der Waals surface area contributed by atoms with Gasteiger partial charge in [0, 0.05) is 6.42 Å². The van der Waals surface area contributed by atoms with E-state index in [1.807, 2.05) is 0 Å². The van der Waals surface area contributed by atoms with Crippen LogP contribution < -0.4 is 0 Å². The summed E-state index contributed by atoms with van der Waals surface area (Å²) in [6, 6.07) is 0. The molecule has 0 aliphatic heterocycles. The average molecular weight is 416 g/mol. The third kappa shape index (κ3) is 3.84. The van der Waals surface area contributed by atoms with Gasteiger partial charge < -0.3 is 10.3 Å². The molecule has 4 heteroatoms. The van der Waals surface area contributed by atoms with Crippen molar-refractivity contribution in [1.82, 2.24) is 0 Å². The molecule has 4 nitrogen and oxygen atoms in total. The summed E-state index contributed by atoms with van der Waals surface area (Å²) in [6.45, 7) is 7.18. The van der Waals surface area contributed by atoms with E-state index >= 15 is 0 Å². The van der Waals surface area contributed by atoms with E-state index in [-0.39, 0.29) is 0 Å². The number of aliphatic carboxylic acids is 1. The second-order valence-corrected chi connectivity index (χ2v) is 11.0. The first-order chi connectivity index (χ1) is 14.4. The number of rotatable bonds is 7. The van der Waals surface area contributed by atoms with Crippen LogP contribution in [0, 0.1) is 46.8 Å². The Morgan fingerprint density at radius 1 is 1.27 bits per heavy atom. The van der Waals surface area contributed by atoms with Crippen molar-refractivity contribution in [2.24, 2.45) is 52.0 Å². The minimum absolute atomic E-state index is 0.318. The third-order valence-electron chi connectivity index (χ3n) is 9.75. The zero-order valence-corrected chi connectivity index (χ0v) is 19.1. The van der Waals surface area contributed by atoms with Gasteiger partial charge in [0.1, 0.15) is 0 Å². The molecule has 0 aromatic heterocycles. The standard InChI is InChI=1S/C26H41NO3/c1-4-17-14-18-15-19(27-30)8-9-20(18)21-10-12-26(5-2,11-6-7-23(28)29)25(24(17)21)22-13-16(22)3/h15-17,20-22,24-25,30H,4-14H2,1-3H3,(H,28,29)/b27-19+. The monoisotopic (exact) mass is 415 g/mol. The minimum Gasteiger partial charge on any atom is -0.481 e. The topological polar surface area (TPSA) is 69.9 Å². The van der Waals surface area contributed by atoms with Crippen molar-refractivity contribution in [1.29, 1.82) is 0 Å². The summed E-state index contributed by atoms with van der Waals surface area (Å²) in [7, 11) is 0. The molecule has 30 heavy (non-hydrogen) atoms. The fourth-order valence-corrected chi connectivity index (χ4v) is 8.18. The van der Waals surface area contributed by atoms with E-state index in [4.69, 9.17) is 0 Å². The first kappa shape index (κ1) is 21.9. The van der Waals surface area contributed by atoms with Crippen LogP contribution in [0.3, 0.4) is 0 Å². The van der Waals surface area contributed by atoms with E-state index in [0.717, 1.165) is 66.9 Å². The predicted molar refractivity (Wildman–Crippen MR) is 120 cm³/mol. The Labute approximate surface area is 182 Å². The molecule has 168 valence electrons. The van der Waals surface area contributed by atoms with Gasteiger partial charge >= 0.3 is 5.97 Å². The molecular weight excluding hydrogens is 374 g/mol. The van der Waals surface area contributed by atoms with E-state index in [9.17, 15) is 15.1 Å². The molecule has 4 aliphatic rings. The molecular formula is C26H41NO3. The Kier molecular flexibility index (Phi) is 6.33. The van der Waals surface area contributed by atoms with Gasteiger partial charge in [-0.15, -0.1) is 0 Å². The highest BCUT2D eigenvalue weighted by Gasteiger charge is 2.59. The Balaban J connectivity index is 1.66. The molecule has 0 bridgehead atoms. The highest BCUT2D eigenvalue weighted by molar-refractivity contribution is 5.96. The van der Waals surface area contributed by atoms with Crippen LogP contribution >= 0.6 is 0 Å². The Hall–Kier alpha value is -1.32. The maximum atomic E-state index is 11.2. The Bertz CT molecular complexity index is 713. The number of carboxylic acids is 1. The van der Waals surface area contributed by atoms with Gasteiger partial charge in [-0.05, 0) is 104 Å². The van der Waals surface area contributed by atoms with Crippen molar-refractivity contribution < 1.29 is 15.1 Å². The average Bonchev–Trinajstić information content (AvgIpc) is 3.47. The first-order valence-corrected chi connectivity index (χ1v) is 12.6. The molecule has 0 saturated heterocycles. The summed E-state index contributed by atoms with van der Waals surface area (Å²) < 4.78 is 0. The van der Waals surface area contributed by atoms with Gasteiger partial charge in [-0.2, -0.15) is 0 Å². The van der Waals surface area contributed by atoms with Gasteiger partial charge in [-0.1, -0.05) is 44.3 Å². The molecule has 0 amide bonds. The molecule has 2 N–H and O–H groups in total. The Morgan fingerprint density at radius 2 is 2.03 bits per heavy atom. The molecule has 0 heterocycles. The van der Waals surface area contributed by atoms with Gasteiger partial charge in [-0.3, -0.25) is 4.79 Å². The number of fused-ring (bicyclic) bond motifs is 3. The van der Waals surface area contributed by atoms with Crippen LogP contribution in [0.15, 0.2) is 16.8 Å². The number of carboxylic acid groups (broad SMARTS) is 1. The van der Waals surface area contributed by atoms with E-state index in [0.29, 0.717) is 17.8 Å². The molecule has 0 aromatic rings. The predicted octanol–water partition coefficient (Wildman–Crippen LogP) is 6.53. The number of hydrogen-bond donors (Lipinski definition) is 2. The van der Waals surface area contributed by atoms with Crippen LogP contribution in [0.4, 0.5) is 0 Å². The summed E-state index contributed by atoms with van der Waals surface area (Å²) in [5.41, 5.74) is 2.77. The number of nitrogens with zero attached hydrogens (tertiary/aromatic N) is 1. The SMILES string of the molecule is CCC1CC2=C/C(=N/O)CCC2C2CCC(CC)(CCCC(=O)O)C(C3CC3C)C12. The van der Waals surface area contributed by atoms with Crippen molar-refractivity contribution in [3.8, 4) is 0 Å². The molecule has 0 aromatic carbocycles. The van der Waals surface area contributed by atoms with Crippen LogP contribution in [-0.4, -0.2) is 22.0 Å². The lowest BCUT2D eigenvalue weighted by Crippen LogP contribution is -2.52. The van der Waals surface area contributed by atoms with Crippen molar-refractivity contribution in [3.63, 3.8) is 0 Å². The zero-order valence-electron chi connectivity index (χ0n) is 19.1. The molecule has 3 fully saturated rings. The lowest BCUT2D eigenvalue weighted by molar-refractivity contribution is -0.137. The quantitative estimate of drug-likeness (QED) is 0.367. The highest BCUT2D eigenvalue weighted by atomic mass is 16.4. The summed E-state index contributed by atoms with van der Waals surface area (Å²) in [5, 5.41) is 22.1. The van der Waals surface area contributed by atoms with E-state index in [1.165, 1.54) is 38.5 Å². The molecule has 4 aliphatic carbocycles. The van der Waals surface area contributed by atoms with Crippen molar-refractivity contribution in [2.75, 3.05) is 0 Å². The molecule has 8 atom stereocenters. The van der Waals surface area contributed by atoms with Gasteiger partial charge in [0.25, 0.3) is 0 Å². The van der Waals surface area contributed by atoms with Crippen LogP contribution in [0.5, 0.6) is 0 Å². The van der Waals surface area contributed by atoms with Crippen LogP contribution in [0.2, 0.25) is 0 Å². The normalized spacial score (nSPS) is 44.2.